The number of anilines is 1. The smallest absolute Gasteiger partial charge is 0.206 e. The van der Waals surface area contributed by atoms with E-state index in [4.69, 9.17) is 16.1 Å². The average Bonchev–Trinajstić information content (AvgIpc) is 3.03. The lowest BCUT2D eigenvalue weighted by Crippen LogP contribution is -2.45. The molecule has 2 aliphatic rings. The van der Waals surface area contributed by atoms with E-state index < -0.39 is 0 Å². The SMILES string of the molecule is C#Cc1c(Br)c(Br)cc2c1nc(N1CCNCC1)n2C1CCOCC1. The fourth-order valence-corrected chi connectivity index (χ4v) is 4.52. The van der Waals surface area contributed by atoms with E-state index in [-0.39, 0.29) is 0 Å². The van der Waals surface area contributed by atoms with Crippen LogP contribution in [0.25, 0.3) is 11.0 Å². The molecule has 0 spiro atoms. The van der Waals surface area contributed by atoms with Crippen LogP contribution < -0.4 is 10.2 Å². The molecule has 1 aromatic heterocycles. The first-order valence-electron chi connectivity index (χ1n) is 8.60. The van der Waals surface area contributed by atoms with Gasteiger partial charge in [0.1, 0.15) is 5.52 Å². The molecule has 25 heavy (non-hydrogen) atoms. The van der Waals surface area contributed by atoms with E-state index in [1.807, 2.05) is 0 Å². The highest BCUT2D eigenvalue weighted by Crippen LogP contribution is 2.38. The third-order valence-corrected chi connectivity index (χ3v) is 6.94. The zero-order valence-corrected chi connectivity index (χ0v) is 17.1. The number of piperazine rings is 1. The number of fused-ring (bicyclic) bond motifs is 1. The van der Waals surface area contributed by atoms with Crippen LogP contribution in [-0.4, -0.2) is 48.9 Å². The van der Waals surface area contributed by atoms with Gasteiger partial charge in [-0.15, -0.1) is 6.42 Å². The third-order valence-electron chi connectivity index (χ3n) is 4.96. The van der Waals surface area contributed by atoms with Gasteiger partial charge in [-0.2, -0.15) is 0 Å². The minimum atomic E-state index is 0.391. The molecule has 132 valence electrons. The maximum absolute atomic E-state index is 5.81. The summed E-state index contributed by atoms with van der Waals surface area (Å²) in [6.45, 7) is 5.47. The molecule has 7 heteroatoms. The summed E-state index contributed by atoms with van der Waals surface area (Å²) in [5, 5.41) is 3.41. The van der Waals surface area contributed by atoms with E-state index in [0.29, 0.717) is 6.04 Å². The molecule has 3 heterocycles. The van der Waals surface area contributed by atoms with Crippen molar-refractivity contribution >= 4 is 48.8 Å². The van der Waals surface area contributed by atoms with Gasteiger partial charge >= 0.3 is 0 Å². The van der Waals surface area contributed by atoms with Crippen molar-refractivity contribution in [2.45, 2.75) is 18.9 Å². The number of imidazole rings is 1. The molecule has 0 bridgehead atoms. The molecule has 1 aromatic carbocycles. The Morgan fingerprint density at radius 1 is 1.24 bits per heavy atom. The lowest BCUT2D eigenvalue weighted by Gasteiger charge is -2.32. The number of ether oxygens (including phenoxy) is 1. The minimum absolute atomic E-state index is 0.391. The van der Waals surface area contributed by atoms with Crippen molar-refractivity contribution in [3.63, 3.8) is 0 Å². The van der Waals surface area contributed by atoms with E-state index in [1.165, 1.54) is 0 Å². The van der Waals surface area contributed by atoms with Crippen LogP contribution in [0.15, 0.2) is 15.0 Å². The van der Waals surface area contributed by atoms with Gasteiger partial charge < -0.3 is 19.5 Å². The number of nitrogens with one attached hydrogen (secondary N) is 1. The van der Waals surface area contributed by atoms with Gasteiger partial charge in [-0.25, -0.2) is 4.98 Å². The second-order valence-corrected chi connectivity index (χ2v) is 8.07. The van der Waals surface area contributed by atoms with Crippen LogP contribution in [0.2, 0.25) is 0 Å². The Bertz CT molecular complexity index is 830. The maximum Gasteiger partial charge on any atom is 0.206 e. The van der Waals surface area contributed by atoms with Crippen LogP contribution in [0, 0.1) is 12.3 Å². The zero-order chi connectivity index (χ0) is 17.4. The Morgan fingerprint density at radius 2 is 1.96 bits per heavy atom. The molecule has 5 nitrogen and oxygen atoms in total. The average molecular weight is 468 g/mol. The highest BCUT2D eigenvalue weighted by atomic mass is 79.9. The molecule has 2 aliphatic heterocycles. The van der Waals surface area contributed by atoms with E-state index in [1.54, 1.807) is 0 Å². The predicted octanol–water partition coefficient (Wildman–Crippen LogP) is 3.30. The van der Waals surface area contributed by atoms with Crippen molar-refractivity contribution in [3.05, 3.63) is 20.6 Å². The highest BCUT2D eigenvalue weighted by molar-refractivity contribution is 9.13. The molecule has 0 aliphatic carbocycles. The van der Waals surface area contributed by atoms with Crippen molar-refractivity contribution in [3.8, 4) is 12.3 Å². The molecular weight excluding hydrogens is 448 g/mol. The number of halogens is 2. The van der Waals surface area contributed by atoms with Gasteiger partial charge in [0, 0.05) is 54.4 Å². The minimum Gasteiger partial charge on any atom is -0.381 e. The van der Waals surface area contributed by atoms with Crippen LogP contribution in [0.4, 0.5) is 5.95 Å². The van der Waals surface area contributed by atoms with Crippen LogP contribution in [0.5, 0.6) is 0 Å². The van der Waals surface area contributed by atoms with Crippen LogP contribution in [0.1, 0.15) is 24.4 Å². The fourth-order valence-electron chi connectivity index (χ4n) is 3.68. The van der Waals surface area contributed by atoms with Crippen LogP contribution in [-0.2, 0) is 4.74 Å². The Morgan fingerprint density at radius 3 is 2.64 bits per heavy atom. The first kappa shape index (κ1) is 17.3. The molecule has 2 aromatic rings. The van der Waals surface area contributed by atoms with E-state index >= 15 is 0 Å². The highest BCUT2D eigenvalue weighted by Gasteiger charge is 2.27. The zero-order valence-electron chi connectivity index (χ0n) is 13.9. The lowest BCUT2D eigenvalue weighted by molar-refractivity contribution is 0.0708. The van der Waals surface area contributed by atoms with Crippen molar-refractivity contribution in [1.82, 2.24) is 14.9 Å². The van der Waals surface area contributed by atoms with Crippen molar-refractivity contribution in [2.75, 3.05) is 44.3 Å². The van der Waals surface area contributed by atoms with E-state index in [9.17, 15) is 0 Å². The normalized spacial score (nSPS) is 19.3. The number of rotatable bonds is 2. The summed E-state index contributed by atoms with van der Waals surface area (Å²) in [5.74, 6) is 3.85. The first-order valence-corrected chi connectivity index (χ1v) is 10.2. The number of benzene rings is 1. The number of hydrogen-bond donors (Lipinski definition) is 1. The standard InChI is InChI=1S/C18H20Br2N4O/c1-2-13-16(20)14(19)11-15-17(13)22-18(23-7-5-21-6-8-23)24(15)12-3-9-25-10-4-12/h1,11-12,21H,3-10H2. The first-order chi connectivity index (χ1) is 12.2. The van der Waals surface area contributed by atoms with E-state index in [2.05, 4.69) is 58.6 Å². The summed E-state index contributed by atoms with van der Waals surface area (Å²) in [4.78, 5) is 7.38. The monoisotopic (exact) mass is 466 g/mol. The Kier molecular flexibility index (Phi) is 5.05. The van der Waals surface area contributed by atoms with Gasteiger partial charge in [-0.05, 0) is 50.8 Å². The number of aromatic nitrogens is 2. The van der Waals surface area contributed by atoms with Gasteiger partial charge in [-0.3, -0.25) is 0 Å². The molecule has 0 atom stereocenters. The predicted molar refractivity (Wildman–Crippen MR) is 107 cm³/mol. The second kappa shape index (κ2) is 7.28. The summed E-state index contributed by atoms with van der Waals surface area (Å²) < 4.78 is 9.83. The maximum atomic E-state index is 5.81. The Labute approximate surface area is 164 Å². The number of nitrogens with zero attached hydrogens (tertiary/aromatic N) is 3. The topological polar surface area (TPSA) is 42.3 Å². The lowest BCUT2D eigenvalue weighted by atomic mass is 10.1. The molecular formula is C18H20Br2N4O. The quantitative estimate of drug-likeness (QED) is 0.688. The van der Waals surface area contributed by atoms with Gasteiger partial charge in [-0.1, -0.05) is 5.92 Å². The van der Waals surface area contributed by atoms with Crippen molar-refractivity contribution < 1.29 is 4.74 Å². The summed E-state index contributed by atoms with van der Waals surface area (Å²) in [6.07, 6.45) is 7.82. The van der Waals surface area contributed by atoms with Crippen molar-refractivity contribution in [2.24, 2.45) is 0 Å². The second-order valence-electron chi connectivity index (χ2n) is 6.42. The molecule has 0 unspecified atom stereocenters. The molecule has 1 N–H and O–H groups in total. The number of terminal acetylenes is 1. The van der Waals surface area contributed by atoms with Crippen LogP contribution >= 0.6 is 31.9 Å². The molecule has 0 saturated carbocycles. The molecule has 0 amide bonds. The summed E-state index contributed by atoms with van der Waals surface area (Å²) in [6, 6.07) is 2.52. The van der Waals surface area contributed by atoms with Gasteiger partial charge in [0.25, 0.3) is 0 Å². The molecule has 0 radical (unpaired) electrons. The Hall–Kier alpha value is -1.07. The summed E-state index contributed by atoms with van der Waals surface area (Å²) in [5.41, 5.74) is 2.81. The number of hydrogen-bond acceptors (Lipinski definition) is 4. The van der Waals surface area contributed by atoms with Crippen molar-refractivity contribution in [1.29, 1.82) is 0 Å². The van der Waals surface area contributed by atoms with Gasteiger partial charge in [0.15, 0.2) is 0 Å². The third kappa shape index (κ3) is 3.10. The largest absolute Gasteiger partial charge is 0.381 e. The molecule has 4 rings (SSSR count). The molecule has 2 saturated heterocycles. The van der Waals surface area contributed by atoms with Crippen LogP contribution in [0.3, 0.4) is 0 Å². The molecule has 2 fully saturated rings. The van der Waals surface area contributed by atoms with E-state index in [0.717, 1.165) is 83.7 Å². The Balaban J connectivity index is 1.93. The van der Waals surface area contributed by atoms with Gasteiger partial charge in [0.2, 0.25) is 5.95 Å². The summed E-state index contributed by atoms with van der Waals surface area (Å²) in [7, 11) is 0. The fraction of sp³-hybridized carbons (Fsp3) is 0.500. The summed E-state index contributed by atoms with van der Waals surface area (Å²) >= 11 is 7.24. The van der Waals surface area contributed by atoms with Gasteiger partial charge in [0.05, 0.1) is 11.1 Å².